The molecular weight excluding hydrogens is 486 g/mol. The molecule has 0 saturated heterocycles. The molecule has 10 heteroatoms. The molecule has 8 nitrogen and oxygen atoms in total. The van der Waals surface area contributed by atoms with Crippen LogP contribution in [-0.4, -0.2) is 36.1 Å². The number of halogens is 1. The number of non-ortho nitro benzene ring substituents is 1. The molecule has 1 fully saturated rings. The van der Waals surface area contributed by atoms with Gasteiger partial charge in [-0.2, -0.15) is 4.31 Å². The van der Waals surface area contributed by atoms with Crippen molar-refractivity contribution in [2.75, 3.05) is 11.9 Å². The predicted octanol–water partition coefficient (Wildman–Crippen LogP) is 4.63. The Morgan fingerprint density at radius 1 is 1.16 bits per heavy atom. The van der Waals surface area contributed by atoms with Crippen molar-refractivity contribution < 1.29 is 18.1 Å². The zero-order valence-corrected chi connectivity index (χ0v) is 19.5. The molecule has 0 unspecified atom stereocenters. The molecule has 1 saturated carbocycles. The molecule has 166 valence electrons. The van der Waals surface area contributed by atoms with Crippen LogP contribution in [0, 0.1) is 17.0 Å². The minimum atomic E-state index is -3.89. The van der Waals surface area contributed by atoms with Gasteiger partial charge in [-0.3, -0.25) is 14.9 Å². The maximum Gasteiger partial charge on any atom is 0.271 e. The fraction of sp³-hybridized carbons (Fsp3) is 0.381. The highest BCUT2D eigenvalue weighted by molar-refractivity contribution is 9.10. The number of sulfonamides is 1. The standard InChI is InChI=1S/C21H24BrN3O5S/c1-15-7-10-18(25(27)28)13-20(15)23-21(26)14-24(17-5-3-2-4-6-17)31(29,30)19-11-8-16(22)9-12-19/h7-13,17H,2-6,14H2,1H3,(H,23,26). The van der Waals surface area contributed by atoms with Gasteiger partial charge in [0.2, 0.25) is 15.9 Å². The van der Waals surface area contributed by atoms with Gasteiger partial charge in [-0.1, -0.05) is 41.3 Å². The fourth-order valence-corrected chi connectivity index (χ4v) is 5.62. The number of nitrogens with one attached hydrogen (secondary N) is 1. The summed E-state index contributed by atoms with van der Waals surface area (Å²) in [5.41, 5.74) is 0.801. The summed E-state index contributed by atoms with van der Waals surface area (Å²) in [7, 11) is -3.89. The van der Waals surface area contributed by atoms with E-state index in [-0.39, 0.29) is 23.2 Å². The third kappa shape index (κ3) is 5.69. The minimum Gasteiger partial charge on any atom is -0.324 e. The number of hydrogen-bond acceptors (Lipinski definition) is 5. The Morgan fingerprint density at radius 3 is 2.42 bits per heavy atom. The smallest absolute Gasteiger partial charge is 0.271 e. The van der Waals surface area contributed by atoms with Gasteiger partial charge in [-0.15, -0.1) is 0 Å². The second kappa shape index (κ2) is 9.88. The Morgan fingerprint density at radius 2 is 1.81 bits per heavy atom. The van der Waals surface area contributed by atoms with Crippen molar-refractivity contribution in [1.82, 2.24) is 4.31 Å². The molecule has 1 N–H and O–H groups in total. The summed E-state index contributed by atoms with van der Waals surface area (Å²) >= 11 is 3.31. The normalized spacial score (nSPS) is 15.1. The highest BCUT2D eigenvalue weighted by atomic mass is 79.9. The number of carbonyl (C=O) groups excluding carboxylic acids is 1. The average molecular weight is 510 g/mol. The van der Waals surface area contributed by atoms with Crippen molar-refractivity contribution in [3.63, 3.8) is 0 Å². The van der Waals surface area contributed by atoms with Crippen LogP contribution in [0.25, 0.3) is 0 Å². The molecule has 2 aromatic carbocycles. The summed E-state index contributed by atoms with van der Waals surface area (Å²) in [4.78, 5) is 23.5. The highest BCUT2D eigenvalue weighted by Crippen LogP contribution is 2.29. The van der Waals surface area contributed by atoms with Gasteiger partial charge in [0.15, 0.2) is 0 Å². The van der Waals surface area contributed by atoms with Gasteiger partial charge in [0, 0.05) is 22.6 Å². The molecule has 0 heterocycles. The van der Waals surface area contributed by atoms with E-state index in [9.17, 15) is 23.3 Å². The van der Waals surface area contributed by atoms with Crippen LogP contribution in [-0.2, 0) is 14.8 Å². The topological polar surface area (TPSA) is 110 Å². The van der Waals surface area contributed by atoms with Crippen LogP contribution >= 0.6 is 15.9 Å². The van der Waals surface area contributed by atoms with Crippen LogP contribution in [0.1, 0.15) is 37.7 Å². The lowest BCUT2D eigenvalue weighted by atomic mass is 9.95. The Bertz CT molecular complexity index is 1070. The number of carbonyl (C=O) groups is 1. The molecule has 2 aromatic rings. The second-order valence-corrected chi connectivity index (χ2v) is 10.4. The average Bonchev–Trinajstić information content (AvgIpc) is 2.74. The van der Waals surface area contributed by atoms with Crippen LogP contribution in [0.4, 0.5) is 11.4 Å². The van der Waals surface area contributed by atoms with Crippen molar-refractivity contribution in [1.29, 1.82) is 0 Å². The van der Waals surface area contributed by atoms with Crippen molar-refractivity contribution in [3.8, 4) is 0 Å². The number of aryl methyl sites for hydroxylation is 1. The lowest BCUT2D eigenvalue weighted by molar-refractivity contribution is -0.384. The zero-order valence-electron chi connectivity index (χ0n) is 17.1. The Hall–Kier alpha value is -2.30. The van der Waals surface area contributed by atoms with E-state index >= 15 is 0 Å². The first-order valence-corrected chi connectivity index (χ1v) is 12.2. The van der Waals surface area contributed by atoms with E-state index < -0.39 is 20.9 Å². The number of benzene rings is 2. The van der Waals surface area contributed by atoms with Crippen molar-refractivity contribution >= 4 is 43.2 Å². The Kier molecular flexibility index (Phi) is 7.45. The first-order chi connectivity index (χ1) is 14.7. The van der Waals surface area contributed by atoms with Gasteiger partial charge in [-0.25, -0.2) is 8.42 Å². The molecule has 1 amide bonds. The highest BCUT2D eigenvalue weighted by Gasteiger charge is 2.34. The van der Waals surface area contributed by atoms with Crippen LogP contribution in [0.5, 0.6) is 0 Å². The van der Waals surface area contributed by atoms with Crippen molar-refractivity contribution in [2.24, 2.45) is 0 Å². The van der Waals surface area contributed by atoms with Gasteiger partial charge in [0.05, 0.1) is 22.1 Å². The van der Waals surface area contributed by atoms with Crippen LogP contribution in [0.2, 0.25) is 0 Å². The SMILES string of the molecule is Cc1ccc([N+](=O)[O-])cc1NC(=O)CN(C1CCCCC1)S(=O)(=O)c1ccc(Br)cc1. The number of hydrogen-bond donors (Lipinski definition) is 1. The predicted molar refractivity (Wildman–Crippen MR) is 121 cm³/mol. The molecule has 0 bridgehead atoms. The lowest BCUT2D eigenvalue weighted by Crippen LogP contribution is -2.45. The second-order valence-electron chi connectivity index (χ2n) is 7.60. The number of rotatable bonds is 7. The van der Waals surface area contributed by atoms with E-state index in [2.05, 4.69) is 21.2 Å². The number of amides is 1. The molecule has 31 heavy (non-hydrogen) atoms. The molecule has 0 spiro atoms. The van der Waals surface area contributed by atoms with E-state index in [1.807, 2.05) is 0 Å². The summed E-state index contributed by atoms with van der Waals surface area (Å²) < 4.78 is 28.8. The van der Waals surface area contributed by atoms with Crippen LogP contribution in [0.3, 0.4) is 0 Å². The number of nitro groups is 1. The summed E-state index contributed by atoms with van der Waals surface area (Å²) in [5, 5.41) is 13.7. The zero-order chi connectivity index (χ0) is 22.6. The van der Waals surface area contributed by atoms with Crippen LogP contribution in [0.15, 0.2) is 51.8 Å². The molecule has 0 radical (unpaired) electrons. The van der Waals surface area contributed by atoms with E-state index in [0.717, 1.165) is 23.7 Å². The third-order valence-corrected chi connectivity index (χ3v) is 7.85. The third-order valence-electron chi connectivity index (χ3n) is 5.41. The van der Waals surface area contributed by atoms with Gasteiger partial charge in [-0.05, 0) is 49.6 Å². The van der Waals surface area contributed by atoms with E-state index in [1.54, 1.807) is 25.1 Å². The minimum absolute atomic E-state index is 0.126. The molecular formula is C21H24BrN3O5S. The summed E-state index contributed by atoms with van der Waals surface area (Å²) in [6, 6.07) is 10.2. The number of nitrogens with zero attached hydrogens (tertiary/aromatic N) is 2. The van der Waals surface area contributed by atoms with Gasteiger partial charge in [0.25, 0.3) is 5.69 Å². The van der Waals surface area contributed by atoms with Crippen LogP contribution < -0.4 is 5.32 Å². The van der Waals surface area contributed by atoms with Crippen molar-refractivity contribution in [2.45, 2.75) is 50.0 Å². The number of anilines is 1. The maximum atomic E-state index is 13.4. The molecule has 0 aliphatic heterocycles. The van der Waals surface area contributed by atoms with E-state index in [4.69, 9.17) is 0 Å². The van der Waals surface area contributed by atoms with Gasteiger partial charge < -0.3 is 5.32 Å². The van der Waals surface area contributed by atoms with E-state index in [1.165, 1.54) is 28.6 Å². The molecule has 0 aromatic heterocycles. The Balaban J connectivity index is 1.87. The summed E-state index contributed by atoms with van der Waals surface area (Å²) in [6.45, 7) is 1.36. The fourth-order valence-electron chi connectivity index (χ4n) is 3.71. The maximum absolute atomic E-state index is 13.4. The van der Waals surface area contributed by atoms with Crippen molar-refractivity contribution in [3.05, 3.63) is 62.6 Å². The number of nitro benzene ring substituents is 1. The molecule has 0 atom stereocenters. The van der Waals surface area contributed by atoms with Gasteiger partial charge >= 0.3 is 0 Å². The molecule has 3 rings (SSSR count). The van der Waals surface area contributed by atoms with E-state index in [0.29, 0.717) is 24.1 Å². The van der Waals surface area contributed by atoms with Gasteiger partial charge in [0.1, 0.15) is 0 Å². The Labute approximate surface area is 190 Å². The quantitative estimate of drug-likeness (QED) is 0.432. The first kappa shape index (κ1) is 23.4. The molecule has 1 aliphatic rings. The molecule has 1 aliphatic carbocycles. The lowest BCUT2D eigenvalue weighted by Gasteiger charge is -2.33. The largest absolute Gasteiger partial charge is 0.324 e. The first-order valence-electron chi connectivity index (χ1n) is 10.0. The summed E-state index contributed by atoms with van der Waals surface area (Å²) in [6.07, 6.45) is 4.24. The monoisotopic (exact) mass is 509 g/mol. The summed E-state index contributed by atoms with van der Waals surface area (Å²) in [5.74, 6) is -0.533.